The van der Waals surface area contributed by atoms with Crippen LogP contribution in [0.3, 0.4) is 0 Å². The lowest BCUT2D eigenvalue weighted by molar-refractivity contribution is 0.294. The molecule has 0 fully saturated rings. The summed E-state index contributed by atoms with van der Waals surface area (Å²) in [5.74, 6) is 0.919. The van der Waals surface area contributed by atoms with Crippen LogP contribution < -0.4 is 10.1 Å². The predicted octanol–water partition coefficient (Wildman–Crippen LogP) is 3.56. The number of rotatable bonds is 5. The van der Waals surface area contributed by atoms with Crippen LogP contribution in [0, 0.1) is 13.8 Å². The van der Waals surface area contributed by atoms with Crippen molar-refractivity contribution in [3.63, 3.8) is 0 Å². The molecule has 1 heterocycles. The first kappa shape index (κ1) is 14.5. The third-order valence-electron chi connectivity index (χ3n) is 3.55. The fraction of sp³-hybridized carbons (Fsp3) is 0.353. The van der Waals surface area contributed by atoms with Crippen molar-refractivity contribution in [2.24, 2.45) is 0 Å². The van der Waals surface area contributed by atoms with Crippen LogP contribution in [0.15, 0.2) is 36.5 Å². The standard InChI is InChI=1S/C17H22N2O/c1-12-7-8-17(15(10-12)14(3)18-4)20-11-16-13(2)6-5-9-19-16/h5-10,14,18H,11H2,1-4H3. The monoisotopic (exact) mass is 270 g/mol. The fourth-order valence-electron chi connectivity index (χ4n) is 2.11. The van der Waals surface area contributed by atoms with Gasteiger partial charge in [0.1, 0.15) is 12.4 Å². The van der Waals surface area contributed by atoms with E-state index in [1.54, 1.807) is 6.20 Å². The average molecular weight is 270 g/mol. The fourth-order valence-corrected chi connectivity index (χ4v) is 2.11. The van der Waals surface area contributed by atoms with Crippen molar-refractivity contribution in [3.05, 3.63) is 58.9 Å². The van der Waals surface area contributed by atoms with Crippen molar-refractivity contribution < 1.29 is 4.74 Å². The number of nitrogens with zero attached hydrogens (tertiary/aromatic N) is 1. The topological polar surface area (TPSA) is 34.1 Å². The second kappa shape index (κ2) is 6.53. The quantitative estimate of drug-likeness (QED) is 0.902. The highest BCUT2D eigenvalue weighted by molar-refractivity contribution is 5.39. The molecule has 1 unspecified atom stereocenters. The van der Waals surface area contributed by atoms with E-state index in [-0.39, 0.29) is 6.04 Å². The smallest absolute Gasteiger partial charge is 0.130 e. The molecule has 3 nitrogen and oxygen atoms in total. The average Bonchev–Trinajstić information content (AvgIpc) is 2.46. The largest absolute Gasteiger partial charge is 0.487 e. The number of hydrogen-bond acceptors (Lipinski definition) is 3. The summed E-state index contributed by atoms with van der Waals surface area (Å²) < 4.78 is 5.98. The summed E-state index contributed by atoms with van der Waals surface area (Å²) in [6, 6.07) is 10.5. The second-order valence-corrected chi connectivity index (χ2v) is 5.11. The minimum absolute atomic E-state index is 0.259. The van der Waals surface area contributed by atoms with Gasteiger partial charge in [0.05, 0.1) is 5.69 Å². The van der Waals surface area contributed by atoms with Gasteiger partial charge in [0.15, 0.2) is 0 Å². The van der Waals surface area contributed by atoms with E-state index in [1.807, 2.05) is 19.2 Å². The molecule has 1 atom stereocenters. The molecule has 0 aliphatic carbocycles. The van der Waals surface area contributed by atoms with Crippen molar-refractivity contribution in [1.82, 2.24) is 10.3 Å². The van der Waals surface area contributed by atoms with Crippen LogP contribution in [-0.2, 0) is 6.61 Å². The van der Waals surface area contributed by atoms with Crippen LogP contribution in [0.25, 0.3) is 0 Å². The first-order valence-electron chi connectivity index (χ1n) is 6.93. The minimum Gasteiger partial charge on any atom is -0.487 e. The van der Waals surface area contributed by atoms with E-state index in [0.29, 0.717) is 6.61 Å². The zero-order valence-electron chi connectivity index (χ0n) is 12.6. The summed E-state index contributed by atoms with van der Waals surface area (Å²) in [7, 11) is 1.96. The van der Waals surface area contributed by atoms with Gasteiger partial charge in [0.25, 0.3) is 0 Å². The maximum atomic E-state index is 5.98. The Morgan fingerprint density at radius 3 is 2.75 bits per heavy atom. The molecule has 0 saturated heterocycles. The van der Waals surface area contributed by atoms with Gasteiger partial charge < -0.3 is 10.1 Å². The van der Waals surface area contributed by atoms with Gasteiger partial charge in [-0.3, -0.25) is 4.98 Å². The van der Waals surface area contributed by atoms with Crippen molar-refractivity contribution in [1.29, 1.82) is 0 Å². The van der Waals surface area contributed by atoms with Crippen molar-refractivity contribution in [3.8, 4) is 5.75 Å². The molecular weight excluding hydrogens is 248 g/mol. The summed E-state index contributed by atoms with van der Waals surface area (Å²) in [5, 5.41) is 3.26. The molecule has 0 aliphatic heterocycles. The molecule has 0 spiro atoms. The Labute approximate surface area is 121 Å². The van der Waals surface area contributed by atoms with Crippen LogP contribution in [0.4, 0.5) is 0 Å². The number of pyridine rings is 1. The molecule has 2 aromatic rings. The summed E-state index contributed by atoms with van der Waals surface area (Å²) >= 11 is 0. The SMILES string of the molecule is CNC(C)c1cc(C)ccc1OCc1ncccc1C. The number of hydrogen-bond donors (Lipinski definition) is 1. The van der Waals surface area contributed by atoms with E-state index in [1.165, 1.54) is 11.1 Å². The van der Waals surface area contributed by atoms with E-state index in [9.17, 15) is 0 Å². The number of aromatic nitrogens is 1. The molecule has 3 heteroatoms. The lowest BCUT2D eigenvalue weighted by Gasteiger charge is -2.17. The lowest BCUT2D eigenvalue weighted by atomic mass is 10.0. The number of nitrogens with one attached hydrogen (secondary N) is 1. The number of ether oxygens (including phenoxy) is 1. The van der Waals surface area contributed by atoms with Gasteiger partial charge in [-0.2, -0.15) is 0 Å². The Morgan fingerprint density at radius 2 is 2.05 bits per heavy atom. The predicted molar refractivity (Wildman–Crippen MR) is 82.0 cm³/mol. The van der Waals surface area contributed by atoms with Crippen LogP contribution >= 0.6 is 0 Å². The van der Waals surface area contributed by atoms with Crippen LogP contribution in [0.5, 0.6) is 5.75 Å². The highest BCUT2D eigenvalue weighted by atomic mass is 16.5. The maximum absolute atomic E-state index is 5.98. The molecule has 20 heavy (non-hydrogen) atoms. The third-order valence-corrected chi connectivity index (χ3v) is 3.55. The van der Waals surface area contributed by atoms with Crippen molar-refractivity contribution >= 4 is 0 Å². The van der Waals surface area contributed by atoms with E-state index < -0.39 is 0 Å². The maximum Gasteiger partial charge on any atom is 0.130 e. The highest BCUT2D eigenvalue weighted by Gasteiger charge is 2.11. The van der Waals surface area contributed by atoms with Gasteiger partial charge in [0, 0.05) is 17.8 Å². The third kappa shape index (κ3) is 3.36. The number of aryl methyl sites for hydroxylation is 2. The Balaban J connectivity index is 2.19. The Bertz CT molecular complexity index is 581. The van der Waals surface area contributed by atoms with Gasteiger partial charge in [-0.25, -0.2) is 0 Å². The molecule has 0 aliphatic rings. The van der Waals surface area contributed by atoms with Crippen LogP contribution in [0.2, 0.25) is 0 Å². The van der Waals surface area contributed by atoms with E-state index in [0.717, 1.165) is 17.0 Å². The number of benzene rings is 1. The van der Waals surface area contributed by atoms with Crippen molar-refractivity contribution in [2.45, 2.75) is 33.4 Å². The molecule has 1 aromatic heterocycles. The summed E-state index contributed by atoms with van der Waals surface area (Å²) in [6.07, 6.45) is 1.80. The molecule has 1 N–H and O–H groups in total. The molecule has 2 rings (SSSR count). The molecule has 106 valence electrons. The summed E-state index contributed by atoms with van der Waals surface area (Å²) in [5.41, 5.74) is 4.56. The molecule has 0 amide bonds. The van der Waals surface area contributed by atoms with Crippen LogP contribution in [-0.4, -0.2) is 12.0 Å². The van der Waals surface area contributed by atoms with Gasteiger partial charge in [-0.05, 0) is 45.5 Å². The second-order valence-electron chi connectivity index (χ2n) is 5.11. The Hall–Kier alpha value is -1.87. The summed E-state index contributed by atoms with van der Waals surface area (Å²) in [4.78, 5) is 4.36. The van der Waals surface area contributed by atoms with Crippen molar-refractivity contribution in [2.75, 3.05) is 7.05 Å². The van der Waals surface area contributed by atoms with E-state index >= 15 is 0 Å². The van der Waals surface area contributed by atoms with Gasteiger partial charge in [0.2, 0.25) is 0 Å². The molecule has 1 aromatic carbocycles. The Morgan fingerprint density at radius 1 is 1.25 bits per heavy atom. The van der Waals surface area contributed by atoms with E-state index in [2.05, 4.69) is 49.3 Å². The van der Waals surface area contributed by atoms with Gasteiger partial charge >= 0.3 is 0 Å². The highest BCUT2D eigenvalue weighted by Crippen LogP contribution is 2.27. The lowest BCUT2D eigenvalue weighted by Crippen LogP contribution is -2.14. The Kier molecular flexibility index (Phi) is 4.74. The summed E-state index contributed by atoms with van der Waals surface area (Å²) in [6.45, 7) is 6.78. The van der Waals surface area contributed by atoms with Gasteiger partial charge in [-0.1, -0.05) is 23.8 Å². The minimum atomic E-state index is 0.259. The first-order chi connectivity index (χ1) is 9.61. The molecule has 0 saturated carbocycles. The molecule has 0 radical (unpaired) electrons. The molecular formula is C17H22N2O. The van der Waals surface area contributed by atoms with Crippen LogP contribution in [0.1, 0.15) is 35.3 Å². The zero-order chi connectivity index (χ0) is 14.5. The van der Waals surface area contributed by atoms with Gasteiger partial charge in [-0.15, -0.1) is 0 Å². The zero-order valence-corrected chi connectivity index (χ0v) is 12.6. The first-order valence-corrected chi connectivity index (χ1v) is 6.93. The normalized spacial score (nSPS) is 12.2. The van der Waals surface area contributed by atoms with E-state index in [4.69, 9.17) is 4.74 Å². The molecule has 0 bridgehead atoms.